The molecule has 2 heterocycles. The number of aromatic nitrogens is 4. The van der Waals surface area contributed by atoms with Crippen LogP contribution in [0.3, 0.4) is 0 Å². The Morgan fingerprint density at radius 3 is 2.63 bits per heavy atom. The number of nitrogens with zero attached hydrogens (tertiary/aromatic N) is 5. The molecule has 0 aliphatic heterocycles. The van der Waals surface area contributed by atoms with Crippen LogP contribution in [0.5, 0.6) is 0 Å². The van der Waals surface area contributed by atoms with Crippen LogP contribution in [-0.2, 0) is 0 Å². The summed E-state index contributed by atoms with van der Waals surface area (Å²) >= 11 is 15.1. The van der Waals surface area contributed by atoms with Crippen molar-refractivity contribution in [3.63, 3.8) is 0 Å². The summed E-state index contributed by atoms with van der Waals surface area (Å²) in [6.45, 7) is 0. The molecule has 0 unspecified atom stereocenters. The molecule has 11 heteroatoms. The topological polar surface area (TPSA) is 98.8 Å². The van der Waals surface area contributed by atoms with Crippen molar-refractivity contribution in [2.75, 3.05) is 5.32 Å². The average molecular weight is 506 g/mol. The van der Waals surface area contributed by atoms with Crippen LogP contribution in [0.2, 0.25) is 0 Å². The molecule has 0 atom stereocenters. The standard InChI is InChI=1S/C19H11BrCl2N6O2/c20-18(22)15(21)17(28(29)30)19(27-14-9-2-1-7-12(14)25-26-27)24-13-8-3-5-11-6-4-10-23-16(11)13/h1-10,24H. The van der Waals surface area contributed by atoms with E-state index in [9.17, 15) is 10.1 Å². The minimum atomic E-state index is -0.636. The zero-order valence-electron chi connectivity index (χ0n) is 15.0. The van der Waals surface area contributed by atoms with Crippen LogP contribution >= 0.6 is 39.1 Å². The Labute approximate surface area is 188 Å². The van der Waals surface area contributed by atoms with Crippen LogP contribution < -0.4 is 5.32 Å². The number of para-hydroxylation sites is 2. The molecule has 150 valence electrons. The van der Waals surface area contributed by atoms with E-state index in [0.29, 0.717) is 22.2 Å². The number of nitrogens with one attached hydrogen (secondary N) is 1. The van der Waals surface area contributed by atoms with Gasteiger partial charge in [0.1, 0.15) is 14.5 Å². The van der Waals surface area contributed by atoms with Crippen molar-refractivity contribution >= 4 is 72.6 Å². The molecule has 8 nitrogen and oxygen atoms in total. The van der Waals surface area contributed by atoms with E-state index in [1.165, 1.54) is 4.68 Å². The van der Waals surface area contributed by atoms with Gasteiger partial charge in [-0.1, -0.05) is 58.7 Å². The Hall–Kier alpha value is -3.01. The van der Waals surface area contributed by atoms with E-state index < -0.39 is 10.6 Å². The maximum atomic E-state index is 12.0. The Bertz CT molecular complexity index is 1340. The second kappa shape index (κ2) is 8.39. The van der Waals surface area contributed by atoms with Gasteiger partial charge in [-0.2, -0.15) is 4.68 Å². The number of hydrogen-bond acceptors (Lipinski definition) is 6. The Balaban J connectivity index is 2.02. The van der Waals surface area contributed by atoms with Gasteiger partial charge in [0.15, 0.2) is 0 Å². The van der Waals surface area contributed by atoms with Gasteiger partial charge >= 0.3 is 5.70 Å². The first kappa shape index (κ1) is 20.3. The van der Waals surface area contributed by atoms with Gasteiger partial charge in [0, 0.05) is 11.6 Å². The fraction of sp³-hybridized carbons (Fsp3) is 0. The summed E-state index contributed by atoms with van der Waals surface area (Å²) in [5.74, 6) is -0.0329. The van der Waals surface area contributed by atoms with Gasteiger partial charge in [0.05, 0.1) is 21.6 Å². The highest BCUT2D eigenvalue weighted by Gasteiger charge is 2.29. The predicted molar refractivity (Wildman–Crippen MR) is 121 cm³/mol. The number of benzene rings is 2. The van der Waals surface area contributed by atoms with Crippen molar-refractivity contribution in [2.24, 2.45) is 0 Å². The predicted octanol–water partition coefficient (Wildman–Crippen LogP) is 5.54. The zero-order chi connectivity index (χ0) is 21.3. The third kappa shape index (κ3) is 3.74. The number of allylic oxidation sites excluding steroid dienone is 1. The van der Waals surface area contributed by atoms with Crippen LogP contribution in [-0.4, -0.2) is 24.9 Å². The second-order valence-corrected chi connectivity index (χ2v) is 8.03. The summed E-state index contributed by atoms with van der Waals surface area (Å²) in [6.07, 6.45) is 1.64. The van der Waals surface area contributed by atoms with Gasteiger partial charge in [0.2, 0.25) is 5.82 Å². The molecule has 30 heavy (non-hydrogen) atoms. The van der Waals surface area contributed by atoms with Gasteiger partial charge < -0.3 is 5.32 Å². The number of pyridine rings is 1. The minimum Gasteiger partial charge on any atom is -0.333 e. The largest absolute Gasteiger partial charge is 0.333 e. The van der Waals surface area contributed by atoms with Gasteiger partial charge in [-0.15, -0.1) is 5.10 Å². The number of anilines is 1. The molecular formula is C19H11BrCl2N6O2. The van der Waals surface area contributed by atoms with Crippen LogP contribution in [0.25, 0.3) is 27.8 Å². The first-order chi connectivity index (χ1) is 14.5. The van der Waals surface area contributed by atoms with Crippen LogP contribution in [0.15, 0.2) is 75.5 Å². The Morgan fingerprint density at radius 1 is 1.10 bits per heavy atom. The fourth-order valence-electron chi connectivity index (χ4n) is 2.94. The summed E-state index contributed by atoms with van der Waals surface area (Å²) < 4.78 is 1.19. The summed E-state index contributed by atoms with van der Waals surface area (Å²) in [7, 11) is 0. The van der Waals surface area contributed by atoms with Crippen molar-refractivity contribution in [3.05, 3.63) is 85.6 Å². The van der Waals surface area contributed by atoms with Crippen molar-refractivity contribution in [2.45, 2.75) is 0 Å². The van der Waals surface area contributed by atoms with Gasteiger partial charge in [0.25, 0.3) is 0 Å². The number of fused-ring (bicyclic) bond motifs is 2. The van der Waals surface area contributed by atoms with Crippen molar-refractivity contribution in [1.29, 1.82) is 0 Å². The molecule has 0 saturated carbocycles. The molecule has 4 rings (SSSR count). The number of halogens is 3. The summed E-state index contributed by atoms with van der Waals surface area (Å²) in [5.41, 5.74) is 1.76. The van der Waals surface area contributed by atoms with Gasteiger partial charge in [-0.05, 0) is 40.2 Å². The molecule has 0 aliphatic rings. The third-order valence-electron chi connectivity index (χ3n) is 4.23. The Kier molecular flexibility index (Phi) is 5.67. The number of nitro groups is 1. The van der Waals surface area contributed by atoms with E-state index in [1.807, 2.05) is 18.2 Å². The first-order valence-corrected chi connectivity index (χ1v) is 10.0. The maximum absolute atomic E-state index is 12.0. The molecule has 4 aromatic rings. The van der Waals surface area contributed by atoms with Crippen molar-refractivity contribution in [1.82, 2.24) is 20.0 Å². The number of hydrogen-bond donors (Lipinski definition) is 1. The molecule has 0 aliphatic carbocycles. The quantitative estimate of drug-likeness (QED) is 0.217. The van der Waals surface area contributed by atoms with E-state index in [4.69, 9.17) is 23.2 Å². The molecule has 0 radical (unpaired) electrons. The van der Waals surface area contributed by atoms with E-state index in [-0.39, 0.29) is 14.8 Å². The summed E-state index contributed by atoms with van der Waals surface area (Å²) in [6, 6.07) is 16.2. The zero-order valence-corrected chi connectivity index (χ0v) is 18.1. The fourth-order valence-corrected chi connectivity index (χ4v) is 3.38. The molecule has 0 saturated heterocycles. The molecule has 0 amide bonds. The van der Waals surface area contributed by atoms with Gasteiger partial charge in [-0.3, -0.25) is 15.1 Å². The van der Waals surface area contributed by atoms with E-state index >= 15 is 0 Å². The lowest BCUT2D eigenvalue weighted by Gasteiger charge is -2.14. The SMILES string of the molecule is O=[N+]([O-])C(C(Cl)=C(Cl)Br)=C(Nc1cccc2cccnc12)n1nnc2ccccc21. The Morgan fingerprint density at radius 2 is 1.87 bits per heavy atom. The lowest BCUT2D eigenvalue weighted by atomic mass is 10.2. The molecule has 1 N–H and O–H groups in total. The highest BCUT2D eigenvalue weighted by Crippen LogP contribution is 2.33. The highest BCUT2D eigenvalue weighted by atomic mass is 79.9. The lowest BCUT2D eigenvalue weighted by molar-refractivity contribution is -0.419. The molecule has 2 aromatic carbocycles. The lowest BCUT2D eigenvalue weighted by Crippen LogP contribution is -2.16. The molecule has 0 fully saturated rings. The van der Waals surface area contributed by atoms with E-state index in [1.54, 1.807) is 42.6 Å². The van der Waals surface area contributed by atoms with Crippen molar-refractivity contribution in [3.8, 4) is 0 Å². The highest BCUT2D eigenvalue weighted by molar-refractivity contribution is 9.12. The third-order valence-corrected chi connectivity index (χ3v) is 5.51. The smallest absolute Gasteiger partial charge is 0.332 e. The average Bonchev–Trinajstić information content (AvgIpc) is 3.17. The molecular weight excluding hydrogens is 495 g/mol. The van der Waals surface area contributed by atoms with E-state index in [2.05, 4.69) is 36.5 Å². The molecule has 0 bridgehead atoms. The maximum Gasteiger partial charge on any atom is 0.332 e. The van der Waals surface area contributed by atoms with E-state index in [0.717, 1.165) is 5.39 Å². The van der Waals surface area contributed by atoms with Gasteiger partial charge in [-0.25, -0.2) is 0 Å². The monoisotopic (exact) mass is 504 g/mol. The molecule has 2 aromatic heterocycles. The normalized spacial score (nSPS) is 13.2. The van der Waals surface area contributed by atoms with Crippen molar-refractivity contribution < 1.29 is 4.92 Å². The van der Waals surface area contributed by atoms with Crippen LogP contribution in [0, 0.1) is 10.1 Å². The minimum absolute atomic E-state index is 0.0329. The molecule has 0 spiro atoms. The number of rotatable bonds is 5. The summed E-state index contributed by atoms with van der Waals surface area (Å²) in [4.78, 5) is 15.8. The first-order valence-electron chi connectivity index (χ1n) is 8.49. The van der Waals surface area contributed by atoms with Crippen LogP contribution in [0.4, 0.5) is 5.69 Å². The summed E-state index contributed by atoms with van der Waals surface area (Å²) in [5, 5.41) is 23.8. The van der Waals surface area contributed by atoms with Crippen LogP contribution in [0.1, 0.15) is 0 Å². The second-order valence-electron chi connectivity index (χ2n) is 6.02.